The van der Waals surface area contributed by atoms with Crippen LogP contribution in [-0.2, 0) is 14.3 Å². The van der Waals surface area contributed by atoms with Crippen LogP contribution in [0.1, 0.15) is 155 Å². The molecule has 0 aliphatic carbocycles. The Hall–Kier alpha value is -0.690. The predicted octanol–water partition coefficient (Wildman–Crippen LogP) is 4.38. The number of unbranched alkanes of at least 4 members (excludes halogenated alkanes) is 16. The average Bonchev–Trinajstić information content (AvgIpc) is 3.01. The maximum absolute atomic E-state index is 12.1. The molecule has 0 radical (unpaired) electrons. The molecule has 10 nitrogen and oxygen atoms in total. The highest BCUT2D eigenvalue weighted by Crippen LogP contribution is 2.25. The standard InChI is InChI=1S/C35H70N2O8/c1-26(36)29(40)23-19-15-12-11-14-18-22-28(39)21-17-13-9-7-5-3-4-6-8-10-16-20-24-30(27(2)37)44-35-34(43)33(42)32(41)31(25-38)45-35/h26-27,29-35,38,40-43H,3-25,36-37H2,1-2H3/t26-,27-,29-,30-,31-,32-,33+,34-,35+/m1/s1. The van der Waals surface area contributed by atoms with E-state index < -0.39 is 37.3 Å². The highest BCUT2D eigenvalue weighted by molar-refractivity contribution is 5.78. The quantitative estimate of drug-likeness (QED) is 0.0575. The Morgan fingerprint density at radius 2 is 1.07 bits per heavy atom. The van der Waals surface area contributed by atoms with Gasteiger partial charge < -0.3 is 46.5 Å². The number of carbonyl (C=O) groups is 1. The number of aliphatic hydroxyl groups excluding tert-OH is 5. The molecule has 0 saturated carbocycles. The van der Waals surface area contributed by atoms with E-state index in [-0.39, 0.29) is 24.3 Å². The number of hydrogen-bond acceptors (Lipinski definition) is 10. The molecule has 1 aliphatic rings. The van der Waals surface area contributed by atoms with Gasteiger partial charge in [0.05, 0.1) is 18.8 Å². The minimum atomic E-state index is -1.45. The molecule has 1 rings (SSSR count). The van der Waals surface area contributed by atoms with Gasteiger partial charge in [0.25, 0.3) is 0 Å². The number of carbonyl (C=O) groups excluding carboxylic acids is 1. The van der Waals surface area contributed by atoms with Crippen molar-refractivity contribution in [3.63, 3.8) is 0 Å². The summed E-state index contributed by atoms with van der Waals surface area (Å²) in [4.78, 5) is 12.1. The molecule has 9 atom stereocenters. The van der Waals surface area contributed by atoms with Crippen molar-refractivity contribution in [3.05, 3.63) is 0 Å². The summed E-state index contributed by atoms with van der Waals surface area (Å²) in [6.45, 7) is 3.20. The first kappa shape index (κ1) is 42.3. The van der Waals surface area contributed by atoms with E-state index in [0.717, 1.165) is 77.0 Å². The molecule has 1 heterocycles. The number of hydrogen-bond donors (Lipinski definition) is 7. The largest absolute Gasteiger partial charge is 0.394 e. The van der Waals surface area contributed by atoms with Crippen molar-refractivity contribution >= 4 is 5.78 Å². The third-order valence-electron chi connectivity index (χ3n) is 9.25. The Labute approximate surface area is 273 Å². The lowest BCUT2D eigenvalue weighted by Crippen LogP contribution is -2.60. The SMILES string of the molecule is C[C@@H](N)[C@H](O)CCCCCCCCC(=O)CCCCCCCCCCCCCC[C@@H](O[C@H]1O[C@H](CO)[C@@H](O)[C@H](O)[C@H]1O)[C@@H](C)N. The fourth-order valence-corrected chi connectivity index (χ4v) is 6.01. The topological polar surface area (TPSA) is 189 Å². The van der Waals surface area contributed by atoms with Gasteiger partial charge in [0.2, 0.25) is 0 Å². The van der Waals surface area contributed by atoms with E-state index in [2.05, 4.69) is 0 Å². The van der Waals surface area contributed by atoms with Crippen molar-refractivity contribution in [1.29, 1.82) is 0 Å². The second-order valence-corrected chi connectivity index (χ2v) is 13.6. The Morgan fingerprint density at radius 3 is 1.49 bits per heavy atom. The summed E-state index contributed by atoms with van der Waals surface area (Å²) in [5, 5.41) is 49.2. The molecule has 0 spiro atoms. The number of aliphatic hydroxyl groups is 5. The molecule has 9 N–H and O–H groups in total. The van der Waals surface area contributed by atoms with E-state index >= 15 is 0 Å². The first-order chi connectivity index (χ1) is 21.6. The molecule has 45 heavy (non-hydrogen) atoms. The molecular formula is C35H70N2O8. The maximum atomic E-state index is 12.1. The third-order valence-corrected chi connectivity index (χ3v) is 9.25. The maximum Gasteiger partial charge on any atom is 0.187 e. The van der Waals surface area contributed by atoms with Gasteiger partial charge in [0, 0.05) is 24.9 Å². The van der Waals surface area contributed by atoms with E-state index in [0.29, 0.717) is 12.2 Å². The summed E-state index contributed by atoms with van der Waals surface area (Å²) < 4.78 is 11.3. The lowest BCUT2D eigenvalue weighted by Gasteiger charge is -2.41. The molecule has 0 aromatic heterocycles. The fraction of sp³-hybridized carbons (Fsp3) is 0.971. The van der Waals surface area contributed by atoms with Crippen LogP contribution in [0.4, 0.5) is 0 Å². The normalized spacial score (nSPS) is 24.8. The van der Waals surface area contributed by atoms with Crippen LogP contribution in [0, 0.1) is 0 Å². The van der Waals surface area contributed by atoms with Crippen molar-refractivity contribution in [3.8, 4) is 0 Å². The van der Waals surface area contributed by atoms with Gasteiger partial charge in [0.1, 0.15) is 30.2 Å². The van der Waals surface area contributed by atoms with E-state index in [1.165, 1.54) is 57.8 Å². The lowest BCUT2D eigenvalue weighted by atomic mass is 9.98. The van der Waals surface area contributed by atoms with Gasteiger partial charge in [-0.05, 0) is 39.5 Å². The van der Waals surface area contributed by atoms with Gasteiger partial charge in [-0.1, -0.05) is 103 Å². The van der Waals surface area contributed by atoms with Crippen LogP contribution in [-0.4, -0.2) is 92.9 Å². The van der Waals surface area contributed by atoms with Gasteiger partial charge in [0.15, 0.2) is 6.29 Å². The summed E-state index contributed by atoms with van der Waals surface area (Å²) in [6, 6.07) is -0.437. The molecule has 268 valence electrons. The van der Waals surface area contributed by atoms with Crippen molar-refractivity contribution in [2.24, 2.45) is 11.5 Å². The number of ketones is 1. The Balaban J connectivity index is 1.92. The highest BCUT2D eigenvalue weighted by Gasteiger charge is 2.45. The molecule has 1 saturated heterocycles. The van der Waals surface area contributed by atoms with Crippen LogP contribution in [0.25, 0.3) is 0 Å². The lowest BCUT2D eigenvalue weighted by molar-refractivity contribution is -0.312. The van der Waals surface area contributed by atoms with Crippen LogP contribution in [0.3, 0.4) is 0 Å². The minimum absolute atomic E-state index is 0.148. The van der Waals surface area contributed by atoms with Crippen molar-refractivity contribution in [1.82, 2.24) is 0 Å². The monoisotopic (exact) mass is 647 g/mol. The summed E-state index contributed by atoms with van der Waals surface area (Å²) in [5.74, 6) is 0.421. The van der Waals surface area contributed by atoms with Gasteiger partial charge >= 0.3 is 0 Å². The zero-order chi connectivity index (χ0) is 33.5. The zero-order valence-electron chi connectivity index (χ0n) is 28.6. The summed E-state index contributed by atoms with van der Waals surface area (Å²) in [7, 11) is 0. The Kier molecular flexibility index (Phi) is 24.7. The van der Waals surface area contributed by atoms with E-state index in [9.17, 15) is 30.3 Å². The predicted molar refractivity (Wildman–Crippen MR) is 179 cm³/mol. The molecule has 0 aromatic carbocycles. The second kappa shape index (κ2) is 26.3. The number of rotatable bonds is 29. The van der Waals surface area contributed by atoms with Gasteiger partial charge in [-0.2, -0.15) is 0 Å². The number of ether oxygens (including phenoxy) is 2. The summed E-state index contributed by atoms with van der Waals surface area (Å²) in [5.41, 5.74) is 11.8. The first-order valence-electron chi connectivity index (χ1n) is 18.2. The molecule has 0 aromatic rings. The van der Waals surface area contributed by atoms with Crippen LogP contribution < -0.4 is 11.5 Å². The van der Waals surface area contributed by atoms with Gasteiger partial charge in [-0.3, -0.25) is 4.79 Å². The summed E-state index contributed by atoms with van der Waals surface area (Å²) >= 11 is 0. The molecule has 0 bridgehead atoms. The zero-order valence-corrected chi connectivity index (χ0v) is 28.6. The molecule has 10 heteroatoms. The fourth-order valence-electron chi connectivity index (χ4n) is 6.01. The first-order valence-corrected chi connectivity index (χ1v) is 18.2. The molecule has 1 aliphatic heterocycles. The van der Waals surface area contributed by atoms with Crippen LogP contribution in [0.15, 0.2) is 0 Å². The van der Waals surface area contributed by atoms with Crippen molar-refractivity contribution in [2.75, 3.05) is 6.61 Å². The average molecular weight is 647 g/mol. The van der Waals surface area contributed by atoms with Crippen LogP contribution in [0.5, 0.6) is 0 Å². The van der Waals surface area contributed by atoms with E-state index in [1.807, 2.05) is 13.8 Å². The molecule has 0 unspecified atom stereocenters. The Bertz CT molecular complexity index is 711. The molecule has 0 amide bonds. The van der Waals surface area contributed by atoms with E-state index in [1.54, 1.807) is 0 Å². The highest BCUT2D eigenvalue weighted by atomic mass is 16.7. The smallest absolute Gasteiger partial charge is 0.187 e. The second-order valence-electron chi connectivity index (χ2n) is 13.6. The number of Topliss-reactive ketones (excluding diaryl/α,β-unsaturated/α-hetero) is 1. The van der Waals surface area contributed by atoms with Crippen LogP contribution in [0.2, 0.25) is 0 Å². The van der Waals surface area contributed by atoms with E-state index in [4.69, 9.17) is 20.9 Å². The van der Waals surface area contributed by atoms with Crippen molar-refractivity contribution < 1.29 is 39.8 Å². The number of nitrogens with two attached hydrogens (primary N) is 2. The molecule has 1 fully saturated rings. The van der Waals surface area contributed by atoms with Gasteiger partial charge in [-0.15, -0.1) is 0 Å². The third kappa shape index (κ3) is 19.7. The Morgan fingerprint density at radius 1 is 0.644 bits per heavy atom. The van der Waals surface area contributed by atoms with Gasteiger partial charge in [-0.25, -0.2) is 0 Å². The van der Waals surface area contributed by atoms with Crippen molar-refractivity contribution in [2.45, 2.75) is 210 Å². The minimum Gasteiger partial charge on any atom is -0.394 e. The van der Waals surface area contributed by atoms with Crippen LogP contribution >= 0.6 is 0 Å². The summed E-state index contributed by atoms with van der Waals surface area (Å²) in [6.07, 6.45) is 16.5. The molecular weight excluding hydrogens is 576 g/mol.